The van der Waals surface area contributed by atoms with Crippen LogP contribution in [0.4, 0.5) is 5.69 Å². The van der Waals surface area contributed by atoms with Gasteiger partial charge in [-0.25, -0.2) is 18.2 Å². The second-order valence-electron chi connectivity index (χ2n) is 13.9. The van der Waals surface area contributed by atoms with Gasteiger partial charge in [0.2, 0.25) is 0 Å². The van der Waals surface area contributed by atoms with Crippen molar-refractivity contribution in [3.8, 4) is 17.3 Å². The molecule has 0 radical (unpaired) electrons. The Bertz CT molecular complexity index is 2220. The zero-order valence-corrected chi connectivity index (χ0v) is 30.6. The molecule has 0 saturated heterocycles. The van der Waals surface area contributed by atoms with E-state index in [-0.39, 0.29) is 23.0 Å². The summed E-state index contributed by atoms with van der Waals surface area (Å²) in [5.41, 5.74) is 3.80. The molecule has 7 rings (SSSR count). The molecule has 53 heavy (non-hydrogen) atoms. The topological polar surface area (TPSA) is 175 Å². The second kappa shape index (κ2) is 15.4. The summed E-state index contributed by atoms with van der Waals surface area (Å²) >= 11 is 0. The number of hydrogen-bond acceptors (Lipinski definition) is 9. The molecule has 5 aromatic rings. The van der Waals surface area contributed by atoms with E-state index >= 15 is 0 Å². The fourth-order valence-electron chi connectivity index (χ4n) is 7.19. The van der Waals surface area contributed by atoms with Crippen LogP contribution in [0, 0.1) is 19.8 Å². The molecule has 1 unspecified atom stereocenters. The lowest BCUT2D eigenvalue weighted by Crippen LogP contribution is -2.42. The number of carbonyl (C=O) groups is 1. The number of amides is 1. The third-order valence-electron chi connectivity index (χ3n) is 10.2. The molecule has 3 N–H and O–H groups in total. The number of tetrazole rings is 1. The fourth-order valence-corrected chi connectivity index (χ4v) is 8.30. The number of ether oxygens (including phenoxy) is 1. The summed E-state index contributed by atoms with van der Waals surface area (Å²) in [6.07, 6.45) is 7.67. The lowest BCUT2D eigenvalue weighted by atomic mass is 10.0. The van der Waals surface area contributed by atoms with Gasteiger partial charge in [0.15, 0.2) is 6.10 Å². The van der Waals surface area contributed by atoms with E-state index < -0.39 is 22.2 Å². The average molecular weight is 741 g/mol. The lowest BCUT2D eigenvalue weighted by molar-refractivity contribution is -0.129. The van der Waals surface area contributed by atoms with E-state index in [1.54, 1.807) is 48.7 Å². The maximum absolute atomic E-state index is 13.3. The fraction of sp³-hybridized carbons (Fsp3) is 0.395. The van der Waals surface area contributed by atoms with Crippen molar-refractivity contribution in [2.24, 2.45) is 5.92 Å². The first-order chi connectivity index (χ1) is 25.6. The highest BCUT2D eigenvalue weighted by Crippen LogP contribution is 2.31. The van der Waals surface area contributed by atoms with Gasteiger partial charge in [0, 0.05) is 41.9 Å². The maximum atomic E-state index is 13.3. The van der Waals surface area contributed by atoms with Gasteiger partial charge < -0.3 is 19.7 Å². The van der Waals surface area contributed by atoms with Crippen LogP contribution in [0.1, 0.15) is 73.6 Å². The first kappa shape index (κ1) is 36.1. The number of sulfonamides is 1. The minimum absolute atomic E-state index is 0.0186. The minimum atomic E-state index is -3.96. The molecule has 2 aliphatic rings. The lowest BCUT2D eigenvalue weighted by Gasteiger charge is -2.26. The van der Waals surface area contributed by atoms with Crippen molar-refractivity contribution in [1.29, 1.82) is 0 Å². The molecule has 3 aromatic heterocycles. The monoisotopic (exact) mass is 740 g/mol. The highest BCUT2D eigenvalue weighted by molar-refractivity contribution is 7.92. The molecule has 2 atom stereocenters. The van der Waals surface area contributed by atoms with Crippen LogP contribution in [0.5, 0.6) is 5.75 Å². The second-order valence-corrected chi connectivity index (χ2v) is 15.6. The first-order valence-electron chi connectivity index (χ1n) is 18.1. The quantitative estimate of drug-likeness (QED) is 0.157. The van der Waals surface area contributed by atoms with E-state index in [2.05, 4.69) is 25.4 Å². The van der Waals surface area contributed by atoms with Crippen LogP contribution >= 0.6 is 0 Å². The molecular formula is C38H44N8O6S. The van der Waals surface area contributed by atoms with Crippen LogP contribution in [0.2, 0.25) is 0 Å². The summed E-state index contributed by atoms with van der Waals surface area (Å²) in [6.45, 7) is 4.49. The highest BCUT2D eigenvalue weighted by Gasteiger charge is 2.28. The van der Waals surface area contributed by atoms with Crippen molar-refractivity contribution < 1.29 is 23.1 Å². The van der Waals surface area contributed by atoms with Crippen molar-refractivity contribution in [3.05, 3.63) is 106 Å². The number of nitrogens with one attached hydrogen (secondary N) is 2. The third-order valence-corrected chi connectivity index (χ3v) is 11.5. The molecule has 0 bridgehead atoms. The van der Waals surface area contributed by atoms with Crippen molar-refractivity contribution in [1.82, 2.24) is 34.7 Å². The molecular weight excluding hydrogens is 697 g/mol. The molecule has 1 aliphatic heterocycles. The molecule has 1 amide bonds. The Morgan fingerprint density at radius 2 is 1.74 bits per heavy atom. The van der Waals surface area contributed by atoms with Crippen molar-refractivity contribution >= 4 is 21.6 Å². The smallest absolute Gasteiger partial charge is 0.368 e. The van der Waals surface area contributed by atoms with Gasteiger partial charge in [0.25, 0.3) is 15.9 Å². The Morgan fingerprint density at radius 3 is 2.45 bits per heavy atom. The molecule has 1 saturated carbocycles. The SMILES string of the molecule is Cc1ccc(C)n1-c1ccc(C(O)CNC(=O)[C@@H]2CCc3cc(S(=O)(=O)Nc4ccc(-n5nnn(CCCC6CCCC6)c5=O)cc4)ccc3O2)cn1. The summed E-state index contributed by atoms with van der Waals surface area (Å²) in [5, 5.41) is 21.5. The summed E-state index contributed by atoms with van der Waals surface area (Å²) in [5.74, 6) is 1.54. The van der Waals surface area contributed by atoms with Crippen LogP contribution in [0.25, 0.3) is 11.5 Å². The van der Waals surface area contributed by atoms with E-state index in [0.29, 0.717) is 47.6 Å². The number of rotatable bonds is 13. The number of fused-ring (bicyclic) bond motifs is 1. The minimum Gasteiger partial charge on any atom is -0.480 e. The summed E-state index contributed by atoms with van der Waals surface area (Å²) < 4.78 is 39.8. The average Bonchev–Trinajstić information content (AvgIpc) is 3.90. The van der Waals surface area contributed by atoms with Crippen LogP contribution in [0.15, 0.2) is 82.6 Å². The molecule has 2 aromatic carbocycles. The number of aliphatic hydroxyl groups excluding tert-OH is 1. The standard InChI is InChI=1S/C38H44N8O6S/c1-25-9-10-26(2)45(25)36-20-12-29(23-39-36)33(47)24-40-37(48)35-18-11-28-22-32(17-19-34(28)52-35)53(50,51)41-30-13-15-31(16-14-30)46-38(49)44(42-43-46)21-5-8-27-6-3-4-7-27/h9-10,12-17,19-20,22-23,27,33,35,41,47H,3-8,11,18,21,24H2,1-2H3,(H,40,48)/t33?,35-/m0/s1. The Labute approximate surface area is 307 Å². The predicted octanol–water partition coefficient (Wildman–Crippen LogP) is 4.55. The van der Waals surface area contributed by atoms with E-state index in [1.165, 1.54) is 41.1 Å². The maximum Gasteiger partial charge on any atom is 0.368 e. The van der Waals surface area contributed by atoms with Gasteiger partial charge in [-0.15, -0.1) is 0 Å². The zero-order valence-electron chi connectivity index (χ0n) is 29.8. The Morgan fingerprint density at radius 1 is 0.981 bits per heavy atom. The number of aromatic nitrogens is 6. The molecule has 278 valence electrons. The molecule has 1 fully saturated rings. The summed E-state index contributed by atoms with van der Waals surface area (Å²) in [7, 11) is -3.96. The van der Waals surface area contributed by atoms with Gasteiger partial charge in [-0.05, 0) is 122 Å². The van der Waals surface area contributed by atoms with Crippen molar-refractivity contribution in [2.75, 3.05) is 11.3 Å². The van der Waals surface area contributed by atoms with Crippen LogP contribution in [0.3, 0.4) is 0 Å². The predicted molar refractivity (Wildman–Crippen MR) is 198 cm³/mol. The van der Waals surface area contributed by atoms with Crippen molar-refractivity contribution in [3.63, 3.8) is 0 Å². The Kier molecular flexibility index (Phi) is 10.5. The van der Waals surface area contributed by atoms with Gasteiger partial charge in [0.1, 0.15) is 11.6 Å². The van der Waals surface area contributed by atoms with Crippen molar-refractivity contribution in [2.45, 2.75) is 88.9 Å². The van der Waals surface area contributed by atoms with Crippen LogP contribution in [-0.4, -0.2) is 61.4 Å². The van der Waals surface area contributed by atoms with Gasteiger partial charge >= 0.3 is 5.69 Å². The van der Waals surface area contributed by atoms with E-state index in [1.807, 2.05) is 36.6 Å². The largest absolute Gasteiger partial charge is 0.480 e. The number of nitrogens with zero attached hydrogens (tertiary/aromatic N) is 6. The normalized spacial score (nSPS) is 16.5. The molecule has 14 nitrogen and oxygen atoms in total. The van der Waals surface area contributed by atoms with E-state index in [0.717, 1.165) is 36.0 Å². The molecule has 1 aliphatic carbocycles. The Hall–Kier alpha value is -5.28. The van der Waals surface area contributed by atoms with E-state index in [9.17, 15) is 23.1 Å². The van der Waals surface area contributed by atoms with Gasteiger partial charge in [0.05, 0.1) is 16.7 Å². The summed E-state index contributed by atoms with van der Waals surface area (Å²) in [4.78, 5) is 30.4. The van der Waals surface area contributed by atoms with Crippen LogP contribution in [-0.2, 0) is 27.8 Å². The molecule has 4 heterocycles. The Balaban J connectivity index is 0.913. The highest BCUT2D eigenvalue weighted by atomic mass is 32.2. The number of carbonyl (C=O) groups excluding carboxylic acids is 1. The number of pyridine rings is 1. The van der Waals surface area contributed by atoms with Gasteiger partial charge in [-0.1, -0.05) is 31.7 Å². The molecule has 15 heteroatoms. The van der Waals surface area contributed by atoms with E-state index in [4.69, 9.17) is 4.74 Å². The number of hydrogen-bond donors (Lipinski definition) is 3. The number of anilines is 1. The number of aliphatic hydroxyl groups is 1. The first-order valence-corrected chi connectivity index (χ1v) is 19.6. The molecule has 0 spiro atoms. The number of aryl methyl sites for hydroxylation is 4. The number of benzene rings is 2. The third kappa shape index (κ3) is 8.05. The summed E-state index contributed by atoms with van der Waals surface area (Å²) in [6, 6.07) is 18.5. The van der Waals surface area contributed by atoms with Gasteiger partial charge in [-0.3, -0.25) is 9.52 Å². The van der Waals surface area contributed by atoms with Gasteiger partial charge in [-0.2, -0.15) is 9.36 Å². The van der Waals surface area contributed by atoms with Crippen LogP contribution < -0.4 is 20.5 Å². The zero-order chi connectivity index (χ0) is 37.1.